The number of aliphatic carboxylic acids is 1. The Hall–Kier alpha value is -0.830. The van der Waals surface area contributed by atoms with E-state index >= 15 is 0 Å². The normalized spacial score (nSPS) is 17.8. The minimum atomic E-state index is -0.935. The summed E-state index contributed by atoms with van der Waals surface area (Å²) in [6, 6.07) is 0. The van der Waals surface area contributed by atoms with Gasteiger partial charge in [-0.1, -0.05) is 45.6 Å². The van der Waals surface area contributed by atoms with Crippen LogP contribution in [0.1, 0.15) is 65.2 Å². The number of hydrogen-bond acceptors (Lipinski definition) is 2. The first-order chi connectivity index (χ1) is 7.91. The molecule has 0 atom stereocenters. The largest absolute Gasteiger partial charge is 0.478 e. The van der Waals surface area contributed by atoms with Crippen LogP contribution in [-0.4, -0.2) is 21.8 Å². The lowest BCUT2D eigenvalue weighted by atomic mass is 9.81. The van der Waals surface area contributed by atoms with E-state index < -0.39 is 5.97 Å². The van der Waals surface area contributed by atoms with Crippen molar-refractivity contribution in [3.63, 3.8) is 0 Å². The Morgan fingerprint density at radius 2 is 1.76 bits per heavy atom. The molecule has 0 radical (unpaired) electrons. The van der Waals surface area contributed by atoms with E-state index in [-0.39, 0.29) is 11.2 Å². The molecule has 1 fully saturated rings. The number of carboxylic acid groups (broad SMARTS) is 1. The first-order valence-electron chi connectivity index (χ1n) is 6.52. The Kier molecular flexibility index (Phi) is 7.88. The molecule has 0 aromatic rings. The van der Waals surface area contributed by atoms with Crippen LogP contribution in [0, 0.1) is 0 Å². The quantitative estimate of drug-likeness (QED) is 0.742. The van der Waals surface area contributed by atoms with E-state index in [1.54, 1.807) is 0 Å². The average molecular weight is 242 g/mol. The van der Waals surface area contributed by atoms with E-state index in [9.17, 15) is 9.90 Å². The monoisotopic (exact) mass is 242 g/mol. The SMILES string of the molecule is C=C(C)C(=O)O.CCCCC1(O)CCCCC1. The highest BCUT2D eigenvalue weighted by atomic mass is 16.4. The van der Waals surface area contributed by atoms with Crippen LogP contribution in [0.2, 0.25) is 0 Å². The fourth-order valence-electron chi connectivity index (χ4n) is 1.97. The molecule has 100 valence electrons. The van der Waals surface area contributed by atoms with Crippen LogP contribution >= 0.6 is 0 Å². The van der Waals surface area contributed by atoms with Gasteiger partial charge in [-0.05, 0) is 26.2 Å². The number of carbonyl (C=O) groups is 1. The summed E-state index contributed by atoms with van der Waals surface area (Å²) in [5, 5.41) is 17.9. The van der Waals surface area contributed by atoms with Crippen molar-refractivity contribution in [2.75, 3.05) is 0 Å². The molecule has 3 heteroatoms. The molecular weight excluding hydrogens is 216 g/mol. The maximum atomic E-state index is 10.0. The molecule has 1 aliphatic rings. The Bertz CT molecular complexity index is 228. The van der Waals surface area contributed by atoms with E-state index in [0.29, 0.717) is 0 Å². The second kappa shape index (κ2) is 8.29. The van der Waals surface area contributed by atoms with Gasteiger partial charge in [0.1, 0.15) is 0 Å². The van der Waals surface area contributed by atoms with Crippen molar-refractivity contribution in [2.45, 2.75) is 70.8 Å². The number of aliphatic hydroxyl groups is 1. The van der Waals surface area contributed by atoms with Crippen LogP contribution < -0.4 is 0 Å². The van der Waals surface area contributed by atoms with E-state index in [1.807, 2.05) is 0 Å². The van der Waals surface area contributed by atoms with Gasteiger partial charge in [0.15, 0.2) is 0 Å². The van der Waals surface area contributed by atoms with Gasteiger partial charge in [0, 0.05) is 5.57 Å². The van der Waals surface area contributed by atoms with Crippen LogP contribution in [0.25, 0.3) is 0 Å². The predicted molar refractivity (Wildman–Crippen MR) is 70.0 cm³/mol. The molecule has 1 saturated carbocycles. The van der Waals surface area contributed by atoms with Gasteiger partial charge in [-0.15, -0.1) is 0 Å². The van der Waals surface area contributed by atoms with Crippen molar-refractivity contribution < 1.29 is 15.0 Å². The fraction of sp³-hybridized carbons (Fsp3) is 0.786. The second-order valence-electron chi connectivity index (χ2n) is 4.97. The van der Waals surface area contributed by atoms with Gasteiger partial charge in [0.25, 0.3) is 0 Å². The lowest BCUT2D eigenvalue weighted by Crippen LogP contribution is -2.30. The molecule has 0 aliphatic heterocycles. The third-order valence-electron chi connectivity index (χ3n) is 3.15. The summed E-state index contributed by atoms with van der Waals surface area (Å²) in [4.78, 5) is 9.60. The van der Waals surface area contributed by atoms with Gasteiger partial charge < -0.3 is 10.2 Å². The number of carboxylic acids is 1. The second-order valence-corrected chi connectivity index (χ2v) is 4.97. The standard InChI is InChI=1S/C10H20O.C4H6O2/c1-2-3-7-10(11)8-5-4-6-9-10;1-3(2)4(5)6/h11H,2-9H2,1H3;1H2,2H3,(H,5,6). The lowest BCUT2D eigenvalue weighted by molar-refractivity contribution is -0.132. The summed E-state index contributed by atoms with van der Waals surface area (Å²) in [6.07, 6.45) is 9.33. The minimum Gasteiger partial charge on any atom is -0.478 e. The van der Waals surface area contributed by atoms with Gasteiger partial charge in [-0.3, -0.25) is 0 Å². The molecule has 0 amide bonds. The molecule has 3 nitrogen and oxygen atoms in total. The molecule has 0 spiro atoms. The highest BCUT2D eigenvalue weighted by Gasteiger charge is 2.27. The first kappa shape index (κ1) is 16.2. The van der Waals surface area contributed by atoms with Gasteiger partial charge >= 0.3 is 5.97 Å². The third kappa shape index (κ3) is 7.97. The van der Waals surface area contributed by atoms with Crippen molar-refractivity contribution >= 4 is 5.97 Å². The molecule has 0 aromatic carbocycles. The molecule has 1 aliphatic carbocycles. The Balaban J connectivity index is 0.000000366. The third-order valence-corrected chi connectivity index (χ3v) is 3.15. The maximum Gasteiger partial charge on any atom is 0.330 e. The summed E-state index contributed by atoms with van der Waals surface area (Å²) in [7, 11) is 0. The smallest absolute Gasteiger partial charge is 0.330 e. The maximum absolute atomic E-state index is 10.0. The van der Waals surface area contributed by atoms with Crippen LogP contribution in [0.5, 0.6) is 0 Å². The summed E-state index contributed by atoms with van der Waals surface area (Å²) >= 11 is 0. The molecule has 17 heavy (non-hydrogen) atoms. The van der Waals surface area contributed by atoms with Crippen molar-refractivity contribution in [3.05, 3.63) is 12.2 Å². The van der Waals surface area contributed by atoms with E-state index in [2.05, 4.69) is 13.5 Å². The predicted octanol–water partition coefficient (Wildman–Crippen LogP) is 3.52. The molecule has 0 unspecified atom stereocenters. The van der Waals surface area contributed by atoms with Gasteiger partial charge in [-0.25, -0.2) is 4.79 Å². The Labute approximate surface area is 105 Å². The van der Waals surface area contributed by atoms with Crippen molar-refractivity contribution in [2.24, 2.45) is 0 Å². The zero-order valence-electron chi connectivity index (χ0n) is 11.2. The van der Waals surface area contributed by atoms with Gasteiger partial charge in [0.2, 0.25) is 0 Å². The van der Waals surface area contributed by atoms with E-state index in [1.165, 1.54) is 39.0 Å². The van der Waals surface area contributed by atoms with E-state index in [0.717, 1.165) is 19.3 Å². The number of hydrogen-bond donors (Lipinski definition) is 2. The molecule has 2 N–H and O–H groups in total. The lowest BCUT2D eigenvalue weighted by Gasteiger charge is -2.31. The first-order valence-corrected chi connectivity index (χ1v) is 6.52. The molecule has 0 aromatic heterocycles. The molecular formula is C14H26O3. The Morgan fingerprint density at radius 3 is 2.12 bits per heavy atom. The number of unbranched alkanes of at least 4 members (excludes halogenated alkanes) is 1. The van der Waals surface area contributed by atoms with Crippen molar-refractivity contribution in [1.29, 1.82) is 0 Å². The zero-order valence-corrected chi connectivity index (χ0v) is 11.2. The zero-order chi connectivity index (χ0) is 13.3. The van der Waals surface area contributed by atoms with E-state index in [4.69, 9.17) is 5.11 Å². The van der Waals surface area contributed by atoms with Crippen molar-refractivity contribution in [3.8, 4) is 0 Å². The van der Waals surface area contributed by atoms with Crippen LogP contribution in [0.3, 0.4) is 0 Å². The van der Waals surface area contributed by atoms with Crippen molar-refractivity contribution in [1.82, 2.24) is 0 Å². The van der Waals surface area contributed by atoms with Crippen LogP contribution in [0.4, 0.5) is 0 Å². The summed E-state index contributed by atoms with van der Waals surface area (Å²) in [5.74, 6) is -0.935. The van der Waals surface area contributed by atoms with Crippen LogP contribution in [0.15, 0.2) is 12.2 Å². The summed E-state index contributed by atoms with van der Waals surface area (Å²) in [5.41, 5.74) is -0.0937. The topological polar surface area (TPSA) is 57.5 Å². The summed E-state index contributed by atoms with van der Waals surface area (Å²) < 4.78 is 0. The van der Waals surface area contributed by atoms with Crippen LogP contribution in [-0.2, 0) is 4.79 Å². The van der Waals surface area contributed by atoms with Gasteiger partial charge in [-0.2, -0.15) is 0 Å². The average Bonchev–Trinajstić information content (AvgIpc) is 2.28. The summed E-state index contributed by atoms with van der Waals surface area (Å²) in [6.45, 7) is 6.79. The Morgan fingerprint density at radius 1 is 1.29 bits per heavy atom. The molecule has 0 bridgehead atoms. The number of rotatable bonds is 4. The molecule has 0 heterocycles. The minimum absolute atomic E-state index is 0.176. The molecule has 0 saturated heterocycles. The van der Waals surface area contributed by atoms with Gasteiger partial charge in [0.05, 0.1) is 5.60 Å². The molecule has 1 rings (SSSR count). The fourth-order valence-corrected chi connectivity index (χ4v) is 1.97. The highest BCUT2D eigenvalue weighted by molar-refractivity contribution is 5.84. The highest BCUT2D eigenvalue weighted by Crippen LogP contribution is 2.31.